The van der Waals surface area contributed by atoms with Crippen molar-refractivity contribution in [1.82, 2.24) is 4.90 Å². The van der Waals surface area contributed by atoms with E-state index in [0.717, 1.165) is 6.54 Å². The third kappa shape index (κ3) is 4.19. The van der Waals surface area contributed by atoms with Crippen LogP contribution in [0.4, 0.5) is 0 Å². The molecule has 0 spiro atoms. The maximum Gasteiger partial charge on any atom is 0.173 e. The van der Waals surface area contributed by atoms with Gasteiger partial charge in [-0.25, -0.2) is 4.57 Å². The Kier molecular flexibility index (Phi) is 7.15. The minimum Gasteiger partial charge on any atom is -1.00 e. The minimum atomic E-state index is 0. The first-order valence-corrected chi connectivity index (χ1v) is 7.00. The molecule has 0 N–H and O–H groups in total. The molecule has 2 heterocycles. The molecular formula is C15H25IN2. The molecule has 0 bridgehead atoms. The molecule has 1 aromatic rings. The summed E-state index contributed by atoms with van der Waals surface area (Å²) in [5.41, 5.74) is 1.49. The van der Waals surface area contributed by atoms with E-state index in [1.54, 1.807) is 0 Å². The van der Waals surface area contributed by atoms with E-state index < -0.39 is 0 Å². The van der Waals surface area contributed by atoms with Gasteiger partial charge in [0.1, 0.15) is 6.54 Å². The van der Waals surface area contributed by atoms with Crippen molar-refractivity contribution >= 4 is 0 Å². The summed E-state index contributed by atoms with van der Waals surface area (Å²) in [5, 5.41) is 0. The summed E-state index contributed by atoms with van der Waals surface area (Å²) >= 11 is 0. The van der Waals surface area contributed by atoms with Gasteiger partial charge in [-0.2, -0.15) is 0 Å². The van der Waals surface area contributed by atoms with E-state index in [9.17, 15) is 0 Å². The molecule has 0 unspecified atom stereocenters. The Morgan fingerprint density at radius 2 is 2.22 bits per heavy atom. The van der Waals surface area contributed by atoms with Crippen molar-refractivity contribution in [2.45, 2.75) is 51.6 Å². The third-order valence-corrected chi connectivity index (χ3v) is 3.81. The zero-order valence-electron chi connectivity index (χ0n) is 11.6. The molecule has 0 radical (unpaired) electrons. The van der Waals surface area contributed by atoms with Crippen LogP contribution in [0.3, 0.4) is 0 Å². The Bertz CT molecular complexity index is 354. The predicted molar refractivity (Wildman–Crippen MR) is 70.8 cm³/mol. The first kappa shape index (κ1) is 15.9. The molecule has 1 aliphatic rings. The van der Waals surface area contributed by atoms with Gasteiger partial charge >= 0.3 is 0 Å². The van der Waals surface area contributed by atoms with Gasteiger partial charge in [-0.15, -0.1) is 0 Å². The van der Waals surface area contributed by atoms with Gasteiger partial charge in [0.25, 0.3) is 0 Å². The molecule has 1 atom stereocenters. The molecule has 1 aliphatic heterocycles. The van der Waals surface area contributed by atoms with Crippen LogP contribution in [-0.4, -0.2) is 18.5 Å². The number of hydrogen-bond acceptors (Lipinski definition) is 1. The van der Waals surface area contributed by atoms with Crippen LogP contribution < -0.4 is 28.5 Å². The molecular weight excluding hydrogens is 335 g/mol. The van der Waals surface area contributed by atoms with Crippen molar-refractivity contribution < 1.29 is 28.5 Å². The SMILES string of the molecule is CCCCC[n+]1cccc([C@@H]2CCCN2C)c1.[I-]. The second-order valence-electron chi connectivity index (χ2n) is 5.22. The number of halogens is 1. The van der Waals surface area contributed by atoms with Crippen LogP contribution in [0.5, 0.6) is 0 Å². The van der Waals surface area contributed by atoms with Crippen molar-refractivity contribution in [2.24, 2.45) is 0 Å². The summed E-state index contributed by atoms with van der Waals surface area (Å²) in [6, 6.07) is 5.13. The van der Waals surface area contributed by atoms with Gasteiger partial charge in [0.2, 0.25) is 0 Å². The average Bonchev–Trinajstić information content (AvgIpc) is 2.76. The highest BCUT2D eigenvalue weighted by atomic mass is 127. The van der Waals surface area contributed by atoms with Crippen molar-refractivity contribution in [3.05, 3.63) is 30.1 Å². The molecule has 1 saturated heterocycles. The Morgan fingerprint density at radius 1 is 1.39 bits per heavy atom. The highest BCUT2D eigenvalue weighted by Gasteiger charge is 2.24. The van der Waals surface area contributed by atoms with Crippen molar-refractivity contribution in [3.8, 4) is 0 Å². The van der Waals surface area contributed by atoms with Gasteiger partial charge in [0.05, 0.1) is 0 Å². The number of unbranched alkanes of at least 4 members (excludes halogenated alkanes) is 2. The molecule has 0 saturated carbocycles. The fourth-order valence-corrected chi connectivity index (χ4v) is 2.75. The van der Waals surface area contributed by atoms with Crippen LogP contribution in [-0.2, 0) is 6.54 Å². The van der Waals surface area contributed by atoms with Gasteiger partial charge in [-0.1, -0.05) is 13.3 Å². The minimum absolute atomic E-state index is 0. The average molecular weight is 360 g/mol. The number of likely N-dealkylation sites (tertiary alicyclic amines) is 1. The summed E-state index contributed by atoms with van der Waals surface area (Å²) in [7, 11) is 2.24. The van der Waals surface area contributed by atoms with Gasteiger partial charge in [0, 0.05) is 24.1 Å². The van der Waals surface area contributed by atoms with Crippen LogP contribution in [0, 0.1) is 0 Å². The highest BCUT2D eigenvalue weighted by Crippen LogP contribution is 2.29. The molecule has 102 valence electrons. The molecule has 1 aromatic heterocycles. The Balaban J connectivity index is 0.00000162. The summed E-state index contributed by atoms with van der Waals surface area (Å²) in [6.45, 7) is 4.67. The van der Waals surface area contributed by atoms with E-state index >= 15 is 0 Å². The van der Waals surface area contributed by atoms with E-state index in [0.29, 0.717) is 6.04 Å². The van der Waals surface area contributed by atoms with Crippen molar-refractivity contribution in [2.75, 3.05) is 13.6 Å². The topological polar surface area (TPSA) is 7.12 Å². The van der Waals surface area contributed by atoms with E-state index in [2.05, 4.69) is 48.0 Å². The standard InChI is InChI=1S/C15H25N2.HI/c1-3-4-5-11-17-12-6-8-14(13-17)15-9-7-10-16(15)2;/h6,8,12-13,15H,3-5,7,9-11H2,1-2H3;1H/q+1;/p-1/t15-;/m0./s1. The summed E-state index contributed by atoms with van der Waals surface area (Å²) in [5.74, 6) is 0. The predicted octanol–water partition coefficient (Wildman–Crippen LogP) is -0.0650. The van der Waals surface area contributed by atoms with Crippen molar-refractivity contribution in [3.63, 3.8) is 0 Å². The second kappa shape index (κ2) is 8.10. The normalized spacial score (nSPS) is 19.8. The quantitative estimate of drug-likeness (QED) is 0.405. The lowest BCUT2D eigenvalue weighted by molar-refractivity contribution is -0.697. The lowest BCUT2D eigenvalue weighted by atomic mass is 10.1. The molecule has 2 rings (SSSR count). The van der Waals surface area contributed by atoms with E-state index in [1.165, 1.54) is 44.2 Å². The maximum absolute atomic E-state index is 2.48. The summed E-state index contributed by atoms with van der Waals surface area (Å²) in [6.07, 6.45) is 11.1. The van der Waals surface area contributed by atoms with Crippen LogP contribution in [0.1, 0.15) is 50.6 Å². The highest BCUT2D eigenvalue weighted by molar-refractivity contribution is 5.12. The van der Waals surface area contributed by atoms with Crippen molar-refractivity contribution in [1.29, 1.82) is 0 Å². The monoisotopic (exact) mass is 360 g/mol. The fraction of sp³-hybridized carbons (Fsp3) is 0.667. The number of aryl methyl sites for hydroxylation is 1. The number of pyridine rings is 1. The second-order valence-corrected chi connectivity index (χ2v) is 5.22. The molecule has 1 fully saturated rings. The lowest BCUT2D eigenvalue weighted by Gasteiger charge is -2.18. The molecule has 0 aromatic carbocycles. The van der Waals surface area contributed by atoms with Crippen LogP contribution >= 0.6 is 0 Å². The largest absolute Gasteiger partial charge is 1.00 e. The van der Waals surface area contributed by atoms with Crippen LogP contribution in [0.15, 0.2) is 24.5 Å². The Hall–Kier alpha value is -0.160. The van der Waals surface area contributed by atoms with Gasteiger partial charge in [-0.3, -0.25) is 4.90 Å². The molecule has 2 nitrogen and oxygen atoms in total. The number of hydrogen-bond donors (Lipinski definition) is 0. The van der Waals surface area contributed by atoms with E-state index in [1.807, 2.05) is 0 Å². The lowest BCUT2D eigenvalue weighted by Crippen LogP contribution is -3.00. The molecule has 0 amide bonds. The van der Waals surface area contributed by atoms with Gasteiger partial charge < -0.3 is 24.0 Å². The Morgan fingerprint density at radius 3 is 2.89 bits per heavy atom. The zero-order valence-corrected chi connectivity index (χ0v) is 13.8. The van der Waals surface area contributed by atoms with E-state index in [4.69, 9.17) is 0 Å². The third-order valence-electron chi connectivity index (χ3n) is 3.81. The van der Waals surface area contributed by atoms with Crippen LogP contribution in [0.25, 0.3) is 0 Å². The maximum atomic E-state index is 2.48. The molecule has 0 aliphatic carbocycles. The number of aromatic nitrogens is 1. The first-order chi connectivity index (χ1) is 8.31. The van der Waals surface area contributed by atoms with E-state index in [-0.39, 0.29) is 24.0 Å². The zero-order chi connectivity index (χ0) is 12.1. The fourth-order valence-electron chi connectivity index (χ4n) is 2.75. The molecule has 3 heteroatoms. The van der Waals surface area contributed by atoms with Crippen LogP contribution in [0.2, 0.25) is 0 Å². The first-order valence-electron chi connectivity index (χ1n) is 7.00. The summed E-state index contributed by atoms with van der Waals surface area (Å²) in [4.78, 5) is 2.48. The smallest absolute Gasteiger partial charge is 0.173 e. The number of rotatable bonds is 5. The van der Waals surface area contributed by atoms with Gasteiger partial charge in [-0.05, 0) is 38.9 Å². The Labute approximate surface area is 128 Å². The summed E-state index contributed by atoms with van der Waals surface area (Å²) < 4.78 is 2.36. The number of nitrogens with zero attached hydrogens (tertiary/aromatic N) is 2. The van der Waals surface area contributed by atoms with Gasteiger partial charge in [0.15, 0.2) is 12.4 Å². The molecule has 18 heavy (non-hydrogen) atoms.